The Hall–Kier alpha value is -3.48. The fourth-order valence-electron chi connectivity index (χ4n) is 2.72. The summed E-state index contributed by atoms with van der Waals surface area (Å²) in [6.07, 6.45) is 0. The summed E-state index contributed by atoms with van der Waals surface area (Å²) in [5.41, 5.74) is 3.42. The van der Waals surface area contributed by atoms with Crippen LogP contribution in [0.5, 0.6) is 0 Å². The van der Waals surface area contributed by atoms with Crippen LogP contribution < -0.4 is 10.6 Å². The van der Waals surface area contributed by atoms with E-state index in [2.05, 4.69) is 15.8 Å². The van der Waals surface area contributed by atoms with E-state index in [9.17, 15) is 14.0 Å². The third-order valence-corrected chi connectivity index (χ3v) is 4.35. The van der Waals surface area contributed by atoms with Crippen molar-refractivity contribution in [1.29, 1.82) is 0 Å². The molecule has 0 unspecified atom stereocenters. The molecule has 28 heavy (non-hydrogen) atoms. The third-order valence-electron chi connectivity index (χ3n) is 4.35. The fourth-order valence-corrected chi connectivity index (χ4v) is 2.72. The molecular weight excluding hydrogens is 361 g/mol. The number of hydrogen-bond acceptors (Lipinski definition) is 4. The minimum atomic E-state index is -0.775. The maximum Gasteiger partial charge on any atom is 0.309 e. The average molecular weight is 381 g/mol. The van der Waals surface area contributed by atoms with Crippen LogP contribution in [0.2, 0.25) is 0 Å². The van der Waals surface area contributed by atoms with Crippen LogP contribution >= 0.6 is 0 Å². The van der Waals surface area contributed by atoms with Gasteiger partial charge in [-0.3, -0.25) is 9.59 Å². The van der Waals surface area contributed by atoms with Crippen LogP contribution in [0.4, 0.5) is 4.39 Å². The largest absolute Gasteiger partial charge is 0.356 e. The minimum Gasteiger partial charge on any atom is -0.356 e. The van der Waals surface area contributed by atoms with Crippen LogP contribution in [0.1, 0.15) is 22.4 Å². The maximum absolute atomic E-state index is 13.3. The summed E-state index contributed by atoms with van der Waals surface area (Å²) in [5.74, 6) is -1.24. The van der Waals surface area contributed by atoms with E-state index in [-0.39, 0.29) is 18.9 Å². The lowest BCUT2D eigenvalue weighted by atomic mass is 10.1. The Kier molecular flexibility index (Phi) is 5.84. The van der Waals surface area contributed by atoms with Gasteiger partial charge in [-0.25, -0.2) is 4.39 Å². The predicted octanol–water partition coefficient (Wildman–Crippen LogP) is 3.03. The van der Waals surface area contributed by atoms with Gasteiger partial charge in [0, 0.05) is 17.7 Å². The molecule has 0 aliphatic carbocycles. The van der Waals surface area contributed by atoms with Crippen molar-refractivity contribution in [1.82, 2.24) is 15.8 Å². The maximum atomic E-state index is 13.3. The van der Waals surface area contributed by atoms with Crippen molar-refractivity contribution in [3.63, 3.8) is 0 Å². The highest BCUT2D eigenvalue weighted by molar-refractivity contribution is 6.35. The molecule has 3 aromatic rings. The summed E-state index contributed by atoms with van der Waals surface area (Å²) in [6, 6.07) is 14.0. The van der Waals surface area contributed by atoms with Gasteiger partial charge in [0.05, 0.1) is 6.54 Å². The molecule has 0 atom stereocenters. The van der Waals surface area contributed by atoms with Crippen molar-refractivity contribution >= 4 is 11.8 Å². The lowest BCUT2D eigenvalue weighted by Gasteiger charge is -2.07. The summed E-state index contributed by atoms with van der Waals surface area (Å²) in [5, 5.41) is 9.02. The Labute approximate surface area is 161 Å². The molecule has 0 aliphatic heterocycles. The summed E-state index contributed by atoms with van der Waals surface area (Å²) in [6.45, 7) is 3.69. The van der Waals surface area contributed by atoms with Gasteiger partial charge in [-0.2, -0.15) is 0 Å². The molecule has 2 N–H and O–H groups in total. The zero-order valence-electron chi connectivity index (χ0n) is 15.6. The molecule has 7 heteroatoms. The van der Waals surface area contributed by atoms with Crippen LogP contribution in [-0.4, -0.2) is 17.0 Å². The average Bonchev–Trinajstić information content (AvgIpc) is 3.07. The summed E-state index contributed by atoms with van der Waals surface area (Å²) < 4.78 is 18.6. The van der Waals surface area contributed by atoms with Crippen molar-refractivity contribution in [2.24, 2.45) is 0 Å². The highest BCUT2D eigenvalue weighted by atomic mass is 19.1. The molecule has 6 nitrogen and oxygen atoms in total. The summed E-state index contributed by atoms with van der Waals surface area (Å²) in [7, 11) is 0. The van der Waals surface area contributed by atoms with Crippen LogP contribution in [-0.2, 0) is 22.7 Å². The number of nitrogens with zero attached hydrogens (tertiary/aromatic N) is 1. The van der Waals surface area contributed by atoms with Gasteiger partial charge in [0.1, 0.15) is 11.5 Å². The van der Waals surface area contributed by atoms with Gasteiger partial charge in [-0.1, -0.05) is 47.6 Å². The van der Waals surface area contributed by atoms with E-state index in [0.717, 1.165) is 11.1 Å². The molecule has 1 heterocycles. The number of carbonyl (C=O) groups is 2. The number of rotatable bonds is 5. The minimum absolute atomic E-state index is 0.0735. The Morgan fingerprint density at radius 2 is 1.68 bits per heavy atom. The van der Waals surface area contributed by atoms with E-state index >= 15 is 0 Å². The van der Waals surface area contributed by atoms with Crippen LogP contribution in [0.25, 0.3) is 11.3 Å². The van der Waals surface area contributed by atoms with Crippen molar-refractivity contribution < 1.29 is 18.5 Å². The molecule has 3 rings (SSSR count). The van der Waals surface area contributed by atoms with Crippen molar-refractivity contribution in [3.05, 3.63) is 76.7 Å². The first-order chi connectivity index (χ1) is 13.5. The molecule has 0 bridgehead atoms. The van der Waals surface area contributed by atoms with Crippen molar-refractivity contribution in [2.45, 2.75) is 26.9 Å². The van der Waals surface area contributed by atoms with Crippen LogP contribution in [0.15, 0.2) is 53.1 Å². The predicted molar refractivity (Wildman–Crippen MR) is 102 cm³/mol. The molecule has 2 amide bonds. The van der Waals surface area contributed by atoms with Gasteiger partial charge in [0.25, 0.3) is 0 Å². The number of benzene rings is 2. The Balaban J connectivity index is 1.54. The monoisotopic (exact) mass is 381 g/mol. The molecule has 0 aliphatic rings. The second-order valence-corrected chi connectivity index (χ2v) is 6.40. The Morgan fingerprint density at radius 3 is 2.36 bits per heavy atom. The van der Waals surface area contributed by atoms with Crippen molar-refractivity contribution in [3.8, 4) is 11.3 Å². The van der Waals surface area contributed by atoms with Gasteiger partial charge in [0.15, 0.2) is 5.76 Å². The smallest absolute Gasteiger partial charge is 0.309 e. The van der Waals surface area contributed by atoms with E-state index in [4.69, 9.17) is 4.52 Å². The molecule has 0 radical (unpaired) electrons. The van der Waals surface area contributed by atoms with Gasteiger partial charge in [0.2, 0.25) is 0 Å². The second kappa shape index (κ2) is 8.47. The summed E-state index contributed by atoms with van der Waals surface area (Å²) in [4.78, 5) is 24.0. The van der Waals surface area contributed by atoms with Crippen molar-refractivity contribution in [2.75, 3.05) is 0 Å². The summed E-state index contributed by atoms with van der Waals surface area (Å²) >= 11 is 0. The molecule has 0 saturated carbocycles. The standard InChI is InChI=1S/C21H20FN3O3/c1-13-10-15(8-9-17(13)22)11-23-20(26)21(27)24-12-18-14(2)19(28-25-18)16-6-4-3-5-7-16/h3-10H,11-12H2,1-2H3,(H,23,26)(H,24,27). The van der Waals surface area contributed by atoms with Gasteiger partial charge < -0.3 is 15.2 Å². The Bertz CT molecular complexity index is 999. The third kappa shape index (κ3) is 4.43. The molecule has 0 fully saturated rings. The second-order valence-electron chi connectivity index (χ2n) is 6.40. The zero-order valence-corrected chi connectivity index (χ0v) is 15.6. The van der Waals surface area contributed by atoms with Gasteiger partial charge in [-0.05, 0) is 31.0 Å². The van der Waals surface area contributed by atoms with E-state index in [1.54, 1.807) is 19.1 Å². The first kappa shape index (κ1) is 19.3. The Morgan fingerprint density at radius 1 is 1.00 bits per heavy atom. The van der Waals surface area contributed by atoms with Gasteiger partial charge >= 0.3 is 11.8 Å². The number of hydrogen-bond donors (Lipinski definition) is 2. The van der Waals surface area contributed by atoms with E-state index in [0.29, 0.717) is 22.6 Å². The highest BCUT2D eigenvalue weighted by Gasteiger charge is 2.17. The zero-order chi connectivity index (χ0) is 20.1. The number of amides is 2. The number of aryl methyl sites for hydroxylation is 1. The number of halogens is 1. The molecule has 1 aromatic heterocycles. The first-order valence-corrected chi connectivity index (χ1v) is 8.77. The number of aromatic nitrogens is 1. The molecule has 144 valence electrons. The molecule has 0 spiro atoms. The van der Waals surface area contributed by atoms with E-state index in [1.807, 2.05) is 37.3 Å². The molecular formula is C21H20FN3O3. The lowest BCUT2D eigenvalue weighted by Crippen LogP contribution is -2.39. The SMILES string of the molecule is Cc1cc(CNC(=O)C(=O)NCc2noc(-c3ccccc3)c2C)ccc1F. The quantitative estimate of drug-likeness (QED) is 0.666. The van der Waals surface area contributed by atoms with Gasteiger partial charge in [-0.15, -0.1) is 0 Å². The van der Waals surface area contributed by atoms with Crippen LogP contribution in [0, 0.1) is 19.7 Å². The fraction of sp³-hybridized carbons (Fsp3) is 0.190. The lowest BCUT2D eigenvalue weighted by molar-refractivity contribution is -0.139. The highest BCUT2D eigenvalue weighted by Crippen LogP contribution is 2.25. The molecule has 2 aromatic carbocycles. The number of nitrogens with one attached hydrogen (secondary N) is 2. The van der Waals surface area contributed by atoms with Crippen LogP contribution in [0.3, 0.4) is 0 Å². The number of carbonyl (C=O) groups excluding carboxylic acids is 2. The normalized spacial score (nSPS) is 10.5. The van der Waals surface area contributed by atoms with E-state index < -0.39 is 11.8 Å². The topological polar surface area (TPSA) is 84.2 Å². The molecule has 0 saturated heterocycles. The first-order valence-electron chi connectivity index (χ1n) is 8.77. The van der Waals surface area contributed by atoms with E-state index in [1.165, 1.54) is 6.07 Å².